The number of hydrogen-bond donors (Lipinski definition) is 5. The second-order valence-corrected chi connectivity index (χ2v) is 6.37. The van der Waals surface area contributed by atoms with Gasteiger partial charge in [0, 0.05) is 13.0 Å². The Kier molecular flexibility index (Phi) is 4.52. The van der Waals surface area contributed by atoms with Crippen LogP contribution in [0.2, 0.25) is 0 Å². The first kappa shape index (κ1) is 17.5. The molecule has 1 fully saturated rings. The van der Waals surface area contributed by atoms with Crippen LogP contribution in [0.4, 0.5) is 5.95 Å². The van der Waals surface area contributed by atoms with Gasteiger partial charge < -0.3 is 20.3 Å². The zero-order valence-electron chi connectivity index (χ0n) is 14.3. The van der Waals surface area contributed by atoms with Gasteiger partial charge in [0.1, 0.15) is 12.3 Å². The Morgan fingerprint density at radius 1 is 1.26 bits per heavy atom. The molecule has 3 heterocycles. The summed E-state index contributed by atoms with van der Waals surface area (Å²) < 4.78 is 6.73. The Hall–Kier alpha value is -2.95. The molecular formula is C17H19N5O5. The first-order valence-corrected chi connectivity index (χ1v) is 8.53. The Labute approximate surface area is 152 Å². The average Bonchev–Trinajstić information content (AvgIpc) is 3.20. The molecule has 142 valence electrons. The van der Waals surface area contributed by atoms with E-state index in [0.29, 0.717) is 6.54 Å². The molecule has 3 aromatic rings. The molecule has 5 N–H and O–H groups in total. The van der Waals surface area contributed by atoms with Gasteiger partial charge in [-0.3, -0.25) is 14.8 Å². The molecule has 1 aliphatic rings. The van der Waals surface area contributed by atoms with E-state index < -0.39 is 29.7 Å². The number of anilines is 1. The van der Waals surface area contributed by atoms with E-state index in [1.54, 1.807) is 0 Å². The van der Waals surface area contributed by atoms with Crippen LogP contribution < -0.4 is 16.6 Å². The van der Waals surface area contributed by atoms with Crippen molar-refractivity contribution in [2.45, 2.75) is 31.4 Å². The summed E-state index contributed by atoms with van der Waals surface area (Å²) in [7, 11) is 0. The molecule has 4 rings (SSSR count). The van der Waals surface area contributed by atoms with Crippen LogP contribution in [-0.4, -0.2) is 48.5 Å². The lowest BCUT2D eigenvalue weighted by molar-refractivity contribution is -0.0441. The third kappa shape index (κ3) is 3.25. The maximum Gasteiger partial charge on any atom is 0.329 e. The quantitative estimate of drug-likeness (QED) is 0.411. The van der Waals surface area contributed by atoms with Crippen molar-refractivity contribution >= 4 is 17.1 Å². The highest BCUT2D eigenvalue weighted by molar-refractivity contribution is 5.70. The fourth-order valence-corrected chi connectivity index (χ4v) is 3.18. The Balaban J connectivity index is 1.68. The highest BCUT2D eigenvalue weighted by Gasteiger charge is 2.36. The maximum absolute atomic E-state index is 12.3. The van der Waals surface area contributed by atoms with Gasteiger partial charge in [-0.25, -0.2) is 9.36 Å². The minimum absolute atomic E-state index is 0.0239. The van der Waals surface area contributed by atoms with Gasteiger partial charge in [0.25, 0.3) is 5.56 Å². The fourth-order valence-electron chi connectivity index (χ4n) is 3.18. The zero-order valence-corrected chi connectivity index (χ0v) is 14.3. The number of ether oxygens (including phenoxy) is 1. The van der Waals surface area contributed by atoms with Gasteiger partial charge in [-0.2, -0.15) is 4.98 Å². The van der Waals surface area contributed by atoms with Crippen molar-refractivity contribution in [1.29, 1.82) is 0 Å². The normalized spacial score (nSPS) is 22.4. The minimum atomic E-state index is -0.908. The van der Waals surface area contributed by atoms with E-state index >= 15 is 0 Å². The highest BCUT2D eigenvalue weighted by Crippen LogP contribution is 2.29. The largest absolute Gasteiger partial charge is 0.394 e. The number of hydrogen-bond acceptors (Lipinski definition) is 7. The third-order valence-electron chi connectivity index (χ3n) is 4.55. The molecule has 0 unspecified atom stereocenters. The molecule has 27 heavy (non-hydrogen) atoms. The lowest BCUT2D eigenvalue weighted by atomic mass is 10.2. The molecule has 0 spiro atoms. The van der Waals surface area contributed by atoms with Gasteiger partial charge in [-0.1, -0.05) is 30.3 Å². The van der Waals surface area contributed by atoms with Gasteiger partial charge in [0.15, 0.2) is 11.2 Å². The number of aromatic nitrogens is 4. The predicted octanol–water partition coefficient (Wildman–Crippen LogP) is -0.334. The SMILES string of the molecule is O=c1[nH]c(NCc2ccccc2)nc2c1[nH]c(=O)n2[C@H]1C[C@H](O)[C@@H](CO)O1. The summed E-state index contributed by atoms with van der Waals surface area (Å²) in [5.41, 5.74) is 0.0771. The molecule has 10 heteroatoms. The topological polar surface area (TPSA) is 145 Å². The minimum Gasteiger partial charge on any atom is -0.394 e. The summed E-state index contributed by atoms with van der Waals surface area (Å²) in [6.07, 6.45) is -2.41. The van der Waals surface area contributed by atoms with Crippen molar-refractivity contribution in [3.05, 3.63) is 56.7 Å². The predicted molar refractivity (Wildman–Crippen MR) is 96.4 cm³/mol. The van der Waals surface area contributed by atoms with Crippen LogP contribution in [0, 0.1) is 0 Å². The Morgan fingerprint density at radius 2 is 2.04 bits per heavy atom. The summed E-state index contributed by atoms with van der Waals surface area (Å²) >= 11 is 0. The standard InChI is InChI=1S/C17H19N5O5/c23-8-11-10(24)6-12(27-11)22-14-13(19-17(22)26)15(25)21-16(20-14)18-7-9-4-2-1-3-5-9/h1-5,10-12,23-24H,6-8H2,(H,19,26)(H2,18,20,21,25)/t10-,11+,12+/m0/s1. The van der Waals surface area contributed by atoms with Crippen molar-refractivity contribution < 1.29 is 14.9 Å². The molecule has 3 atom stereocenters. The molecule has 2 aromatic heterocycles. The van der Waals surface area contributed by atoms with E-state index in [-0.39, 0.29) is 30.1 Å². The molecule has 0 radical (unpaired) electrons. The smallest absolute Gasteiger partial charge is 0.329 e. The first-order valence-electron chi connectivity index (χ1n) is 8.53. The van der Waals surface area contributed by atoms with Crippen LogP contribution in [0.1, 0.15) is 18.2 Å². The lowest BCUT2D eigenvalue weighted by Crippen LogP contribution is -2.25. The van der Waals surface area contributed by atoms with E-state index in [1.165, 1.54) is 4.57 Å². The molecule has 1 aliphatic heterocycles. The van der Waals surface area contributed by atoms with Crippen LogP contribution in [-0.2, 0) is 11.3 Å². The number of aliphatic hydroxyl groups is 2. The van der Waals surface area contributed by atoms with E-state index in [2.05, 4.69) is 20.3 Å². The number of H-pyrrole nitrogens is 2. The molecule has 0 saturated carbocycles. The van der Waals surface area contributed by atoms with Crippen molar-refractivity contribution in [2.24, 2.45) is 0 Å². The average molecular weight is 373 g/mol. The molecule has 0 bridgehead atoms. The summed E-state index contributed by atoms with van der Waals surface area (Å²) in [5.74, 6) is 0.210. The number of nitrogens with zero attached hydrogens (tertiary/aromatic N) is 2. The van der Waals surface area contributed by atoms with Crippen molar-refractivity contribution in [3.63, 3.8) is 0 Å². The lowest BCUT2D eigenvalue weighted by Gasteiger charge is -2.13. The monoisotopic (exact) mass is 373 g/mol. The zero-order chi connectivity index (χ0) is 19.0. The van der Waals surface area contributed by atoms with Crippen molar-refractivity contribution in [2.75, 3.05) is 11.9 Å². The number of imidazole rings is 1. The maximum atomic E-state index is 12.3. The van der Waals surface area contributed by atoms with Crippen LogP contribution in [0.5, 0.6) is 0 Å². The number of benzene rings is 1. The van der Waals surface area contributed by atoms with E-state index in [0.717, 1.165) is 5.56 Å². The van der Waals surface area contributed by atoms with Gasteiger partial charge in [0.05, 0.1) is 12.7 Å². The van der Waals surface area contributed by atoms with Crippen LogP contribution in [0.3, 0.4) is 0 Å². The summed E-state index contributed by atoms with van der Waals surface area (Å²) in [5, 5.41) is 22.2. The molecular weight excluding hydrogens is 354 g/mol. The second kappa shape index (κ2) is 6.99. The third-order valence-corrected chi connectivity index (χ3v) is 4.55. The summed E-state index contributed by atoms with van der Waals surface area (Å²) in [6, 6.07) is 9.57. The summed E-state index contributed by atoms with van der Waals surface area (Å²) in [4.78, 5) is 34.1. The fraction of sp³-hybridized carbons (Fsp3) is 0.353. The second-order valence-electron chi connectivity index (χ2n) is 6.37. The number of fused-ring (bicyclic) bond motifs is 1. The van der Waals surface area contributed by atoms with Crippen LogP contribution in [0.15, 0.2) is 39.9 Å². The van der Waals surface area contributed by atoms with Crippen molar-refractivity contribution in [1.82, 2.24) is 19.5 Å². The van der Waals surface area contributed by atoms with Gasteiger partial charge in [-0.15, -0.1) is 0 Å². The van der Waals surface area contributed by atoms with E-state index in [1.807, 2.05) is 30.3 Å². The van der Waals surface area contributed by atoms with Gasteiger partial charge in [0.2, 0.25) is 5.95 Å². The first-order chi connectivity index (χ1) is 13.1. The highest BCUT2D eigenvalue weighted by atomic mass is 16.5. The summed E-state index contributed by atoms with van der Waals surface area (Å²) in [6.45, 7) is 0.0713. The Morgan fingerprint density at radius 3 is 2.74 bits per heavy atom. The van der Waals surface area contributed by atoms with Gasteiger partial charge in [-0.05, 0) is 5.56 Å². The van der Waals surface area contributed by atoms with E-state index in [9.17, 15) is 19.8 Å². The number of nitrogens with one attached hydrogen (secondary N) is 3. The number of aliphatic hydroxyl groups excluding tert-OH is 2. The molecule has 1 saturated heterocycles. The van der Waals surface area contributed by atoms with Crippen LogP contribution in [0.25, 0.3) is 11.2 Å². The van der Waals surface area contributed by atoms with E-state index in [4.69, 9.17) is 4.74 Å². The van der Waals surface area contributed by atoms with Crippen LogP contribution >= 0.6 is 0 Å². The van der Waals surface area contributed by atoms with Gasteiger partial charge >= 0.3 is 5.69 Å². The molecule has 0 aliphatic carbocycles. The Bertz CT molecular complexity index is 1060. The molecule has 0 amide bonds. The number of rotatable bonds is 5. The molecule has 10 nitrogen and oxygen atoms in total. The van der Waals surface area contributed by atoms with Crippen molar-refractivity contribution in [3.8, 4) is 0 Å². The number of aromatic amines is 2. The molecule has 1 aromatic carbocycles.